The van der Waals surface area contributed by atoms with E-state index in [4.69, 9.17) is 28.4 Å². The minimum Gasteiger partial charge on any atom is -0.479 e. The van der Waals surface area contributed by atoms with Gasteiger partial charge in [-0.2, -0.15) is 0 Å². The maximum absolute atomic E-state index is 14.4. The van der Waals surface area contributed by atoms with Crippen LogP contribution < -0.4 is 0 Å². The molecular formula is C47H74O19. The van der Waals surface area contributed by atoms with Gasteiger partial charge in [-0.25, -0.2) is 4.79 Å². The Kier molecular flexibility index (Phi) is 13.7. The number of carboxylic acids is 1. The number of ether oxygens (including phenoxy) is 6. The molecule has 0 amide bonds. The molecule has 24 atom stereocenters. The number of aliphatic hydroxyl groups excluding tert-OH is 10. The highest BCUT2D eigenvalue weighted by Crippen LogP contribution is 2.75. The summed E-state index contributed by atoms with van der Waals surface area (Å²) in [6.45, 7) is 11.8. The summed E-state index contributed by atoms with van der Waals surface area (Å²) in [6.07, 6.45) is -15.2. The third-order valence-corrected chi connectivity index (χ3v) is 19.1. The van der Waals surface area contributed by atoms with Crippen LogP contribution in [0.4, 0.5) is 0 Å². The van der Waals surface area contributed by atoms with Crippen LogP contribution in [0.1, 0.15) is 99.3 Å². The number of ketones is 1. The lowest BCUT2D eigenvalue weighted by Crippen LogP contribution is -2.67. The number of hydrogen-bond acceptors (Lipinski definition) is 18. The Morgan fingerprint density at radius 1 is 0.758 bits per heavy atom. The number of carbonyl (C=O) groups excluding carboxylic acids is 1. The molecule has 3 heterocycles. The molecule has 8 rings (SSSR count). The van der Waals surface area contributed by atoms with Crippen LogP contribution in [0.5, 0.6) is 0 Å². The molecule has 0 spiro atoms. The molecule has 5 aliphatic carbocycles. The highest BCUT2D eigenvalue weighted by atomic mass is 16.8. The fourth-order valence-corrected chi connectivity index (χ4v) is 14.7. The molecule has 0 unspecified atom stereocenters. The smallest absolute Gasteiger partial charge is 0.335 e. The zero-order valence-corrected chi connectivity index (χ0v) is 38.8. The number of hydrogen-bond donors (Lipinski definition) is 11. The lowest BCUT2D eigenvalue weighted by atomic mass is 9.33. The molecule has 0 aromatic carbocycles. The van der Waals surface area contributed by atoms with Gasteiger partial charge < -0.3 is 84.6 Å². The molecule has 4 saturated carbocycles. The average Bonchev–Trinajstić information content (AvgIpc) is 3.27. The summed E-state index contributed by atoms with van der Waals surface area (Å²) in [7, 11) is 0. The molecule has 0 bridgehead atoms. The standard InChI is InChI=1S/C47H74O19/c1-42(20-62-40-35(58)31(54)30(53)24(17-48)63-40)15-22-21-7-8-26-44(3)11-10-28(45(4,19-49)25(44)9-12-47(26,6)46(21,5)14-13-43(22,2)27(51)16-42)64-41-37(33(56)32(55)36(65-41)38(59)60)66-39-34(57)29(52)23(50)18-61-39/h7,22-26,28-37,39-41,48-50,52-58H,8-20H2,1-6H3,(H,59,60)/t22-,23+,24+,25+,26+,28-,29-,30+,31-,32-,33-,34+,35+,36-,37+,39-,40+,41+,42-,43+,44-,45+,46+,47+/m0/s1. The Morgan fingerprint density at radius 3 is 2.12 bits per heavy atom. The molecule has 0 aromatic rings. The molecule has 19 heteroatoms. The van der Waals surface area contributed by atoms with Crippen LogP contribution in [0.3, 0.4) is 0 Å². The first-order valence-electron chi connectivity index (χ1n) is 23.8. The second-order valence-electron chi connectivity index (χ2n) is 22.8. The van der Waals surface area contributed by atoms with E-state index in [-0.39, 0.29) is 59.4 Å². The van der Waals surface area contributed by atoms with Crippen LogP contribution in [-0.4, -0.2) is 186 Å². The van der Waals surface area contributed by atoms with Crippen molar-refractivity contribution in [3.05, 3.63) is 11.6 Å². The molecule has 0 aromatic heterocycles. The predicted molar refractivity (Wildman–Crippen MR) is 226 cm³/mol. The van der Waals surface area contributed by atoms with Crippen LogP contribution in [0, 0.1) is 50.2 Å². The number of allylic oxidation sites excluding steroid dienone is 2. The highest BCUT2D eigenvalue weighted by Gasteiger charge is 2.70. The van der Waals surface area contributed by atoms with Crippen molar-refractivity contribution in [2.75, 3.05) is 26.4 Å². The molecular weight excluding hydrogens is 868 g/mol. The quantitative estimate of drug-likeness (QED) is 0.0972. The van der Waals surface area contributed by atoms with Crippen LogP contribution in [-0.2, 0) is 38.0 Å². The van der Waals surface area contributed by atoms with Gasteiger partial charge in [-0.1, -0.05) is 53.2 Å². The predicted octanol–water partition coefficient (Wildman–Crippen LogP) is -0.503. The maximum Gasteiger partial charge on any atom is 0.335 e. The first-order valence-corrected chi connectivity index (χ1v) is 23.8. The van der Waals surface area contributed by atoms with Crippen molar-refractivity contribution < 1.29 is 94.2 Å². The second kappa shape index (κ2) is 17.8. The third-order valence-electron chi connectivity index (χ3n) is 19.1. The number of carbonyl (C=O) groups is 2. The van der Waals surface area contributed by atoms with Crippen LogP contribution in [0.15, 0.2) is 11.6 Å². The average molecular weight is 943 g/mol. The topological polar surface area (TPSA) is 312 Å². The van der Waals surface area contributed by atoms with E-state index in [2.05, 4.69) is 33.8 Å². The Bertz CT molecular complexity index is 1850. The van der Waals surface area contributed by atoms with E-state index < -0.39 is 128 Å². The van der Waals surface area contributed by atoms with Gasteiger partial charge in [-0.05, 0) is 90.8 Å². The number of fused-ring (bicyclic) bond motifs is 7. The largest absolute Gasteiger partial charge is 0.479 e. The molecule has 7 fully saturated rings. The fraction of sp³-hybridized carbons (Fsp3) is 0.915. The minimum atomic E-state index is -1.97. The van der Waals surface area contributed by atoms with Crippen molar-refractivity contribution in [3.8, 4) is 0 Å². The van der Waals surface area contributed by atoms with Gasteiger partial charge in [-0.15, -0.1) is 0 Å². The van der Waals surface area contributed by atoms with Crippen molar-refractivity contribution in [2.24, 2.45) is 50.2 Å². The van der Waals surface area contributed by atoms with E-state index in [0.29, 0.717) is 32.1 Å². The van der Waals surface area contributed by atoms with E-state index in [1.165, 1.54) is 5.57 Å². The number of aliphatic carboxylic acids is 1. The van der Waals surface area contributed by atoms with Gasteiger partial charge in [0.2, 0.25) is 0 Å². The summed E-state index contributed by atoms with van der Waals surface area (Å²) < 4.78 is 35.5. The SMILES string of the molecule is C[C@@]1(CO[C@@H]2O[C@H](CO)[C@@H](O)[C@H](O)[C@H]2O)CC(=O)[C@]2(C)CC[C@]3(C)C(=CC[C@@H]4[C@@]5(C)CC[C@H](O[C@@H]6O[C@H](C(=O)O)[C@@H](O)[C@H](O)[C@H]6O[C@@H]6OC[C@@H](O)[C@H](O)[C@H]6O)[C@](C)(CO)[C@@H]5CC[C@]43C)[C@@H]2C1. The molecule has 19 nitrogen and oxygen atoms in total. The molecule has 3 saturated heterocycles. The normalized spacial score (nSPS) is 55.2. The van der Waals surface area contributed by atoms with Gasteiger partial charge in [-0.3, -0.25) is 4.79 Å². The number of Topliss-reactive ketones (excluding diaryl/α,β-unsaturated/α-hetero) is 1. The monoisotopic (exact) mass is 942 g/mol. The lowest BCUT2D eigenvalue weighted by Gasteiger charge is -2.71. The first-order chi connectivity index (χ1) is 30.8. The maximum atomic E-state index is 14.4. The summed E-state index contributed by atoms with van der Waals surface area (Å²) in [5.74, 6) is -1.47. The van der Waals surface area contributed by atoms with Crippen LogP contribution in [0.2, 0.25) is 0 Å². The van der Waals surface area contributed by atoms with Gasteiger partial charge in [0.1, 0.15) is 66.8 Å². The van der Waals surface area contributed by atoms with Crippen LogP contribution in [0.25, 0.3) is 0 Å². The Hall–Kier alpha value is -1.76. The van der Waals surface area contributed by atoms with Crippen molar-refractivity contribution >= 4 is 11.8 Å². The van der Waals surface area contributed by atoms with Gasteiger partial charge in [0, 0.05) is 17.3 Å². The Morgan fingerprint density at radius 2 is 1.45 bits per heavy atom. The second-order valence-corrected chi connectivity index (χ2v) is 22.8. The summed E-state index contributed by atoms with van der Waals surface area (Å²) in [4.78, 5) is 26.6. The van der Waals surface area contributed by atoms with E-state index in [9.17, 15) is 65.8 Å². The Labute approximate surface area is 385 Å². The minimum absolute atomic E-state index is 0.0411. The van der Waals surface area contributed by atoms with Gasteiger partial charge in [0.05, 0.1) is 32.5 Å². The van der Waals surface area contributed by atoms with Crippen molar-refractivity contribution in [3.63, 3.8) is 0 Å². The van der Waals surface area contributed by atoms with E-state index in [0.717, 1.165) is 19.3 Å². The third kappa shape index (κ3) is 7.78. The van der Waals surface area contributed by atoms with Crippen molar-refractivity contribution in [1.82, 2.24) is 0 Å². The van der Waals surface area contributed by atoms with Crippen molar-refractivity contribution in [1.29, 1.82) is 0 Å². The van der Waals surface area contributed by atoms with Crippen molar-refractivity contribution in [2.45, 2.75) is 191 Å². The zero-order valence-electron chi connectivity index (χ0n) is 38.8. The van der Waals surface area contributed by atoms with Gasteiger partial charge in [0.25, 0.3) is 0 Å². The summed E-state index contributed by atoms with van der Waals surface area (Å²) in [6, 6.07) is 0. The number of carboxylic acid groups (broad SMARTS) is 1. The first kappa shape index (κ1) is 50.6. The molecule has 11 N–H and O–H groups in total. The van der Waals surface area contributed by atoms with E-state index in [1.807, 2.05) is 13.8 Å². The Balaban J connectivity index is 1.04. The fourth-order valence-electron chi connectivity index (χ4n) is 14.7. The summed E-state index contributed by atoms with van der Waals surface area (Å²) in [5, 5.41) is 116. The zero-order chi connectivity index (χ0) is 48.3. The number of rotatable bonds is 10. The van der Waals surface area contributed by atoms with E-state index >= 15 is 0 Å². The summed E-state index contributed by atoms with van der Waals surface area (Å²) in [5.41, 5.74) is -1.75. The van der Waals surface area contributed by atoms with Gasteiger partial charge in [0.15, 0.2) is 25.0 Å². The number of aliphatic hydroxyl groups is 10. The molecule has 376 valence electrons. The van der Waals surface area contributed by atoms with Gasteiger partial charge >= 0.3 is 5.97 Å². The molecule has 3 aliphatic heterocycles. The van der Waals surface area contributed by atoms with E-state index in [1.54, 1.807) is 0 Å². The molecule has 0 radical (unpaired) electrons. The summed E-state index contributed by atoms with van der Waals surface area (Å²) >= 11 is 0. The van der Waals surface area contributed by atoms with Crippen LogP contribution >= 0.6 is 0 Å². The molecule has 66 heavy (non-hydrogen) atoms. The lowest BCUT2D eigenvalue weighted by molar-refractivity contribution is -0.367. The molecule has 8 aliphatic rings. The highest BCUT2D eigenvalue weighted by molar-refractivity contribution is 5.87.